The van der Waals surface area contributed by atoms with E-state index in [1.54, 1.807) is 0 Å². The molecule has 0 aliphatic rings. The summed E-state index contributed by atoms with van der Waals surface area (Å²) in [5, 5.41) is -0.250. The molecule has 21 heavy (non-hydrogen) atoms. The second-order valence-electron chi connectivity index (χ2n) is 3.97. The maximum Gasteiger partial charge on any atom is 0.433 e. The zero-order chi connectivity index (χ0) is 15.6. The average Bonchev–Trinajstić information content (AvgIpc) is 2.38. The van der Waals surface area contributed by atoms with Gasteiger partial charge < -0.3 is 4.98 Å². The lowest BCUT2D eigenvalue weighted by Crippen LogP contribution is -2.16. The van der Waals surface area contributed by atoms with Crippen molar-refractivity contribution in [1.82, 2.24) is 9.97 Å². The van der Waals surface area contributed by atoms with Crippen LogP contribution in [0, 0.1) is 11.6 Å². The number of aromatic amines is 1. The minimum absolute atomic E-state index is 0.0292. The minimum Gasteiger partial charge on any atom is -0.301 e. The van der Waals surface area contributed by atoms with Gasteiger partial charge in [0, 0.05) is 11.8 Å². The first kappa shape index (κ1) is 15.5. The van der Waals surface area contributed by atoms with Gasteiger partial charge in [-0.3, -0.25) is 4.79 Å². The summed E-state index contributed by atoms with van der Waals surface area (Å²) in [5.74, 6) is -2.05. The lowest BCUT2D eigenvalue weighted by atomic mass is 10.2. The standard InChI is InChI=1S/C12H7F5N2OS/c13-7-2-1-6(3-8(7)14)5-21-11-18-9(12(15,16)17)4-10(20)19-11/h1-4H,5H2,(H,18,19,20). The van der Waals surface area contributed by atoms with Crippen LogP contribution in [0.4, 0.5) is 22.0 Å². The number of hydrogen-bond donors (Lipinski definition) is 1. The van der Waals surface area contributed by atoms with Crippen molar-refractivity contribution in [3.05, 3.63) is 57.5 Å². The van der Waals surface area contributed by atoms with E-state index in [9.17, 15) is 26.7 Å². The molecule has 0 fully saturated rings. The molecule has 0 amide bonds. The van der Waals surface area contributed by atoms with Gasteiger partial charge in [-0.05, 0) is 17.7 Å². The molecular formula is C12H7F5N2OS. The average molecular weight is 322 g/mol. The Morgan fingerprint density at radius 2 is 1.86 bits per heavy atom. The molecule has 9 heteroatoms. The number of aromatic nitrogens is 2. The van der Waals surface area contributed by atoms with E-state index in [-0.39, 0.29) is 10.9 Å². The largest absolute Gasteiger partial charge is 0.433 e. The van der Waals surface area contributed by atoms with Gasteiger partial charge >= 0.3 is 6.18 Å². The summed E-state index contributed by atoms with van der Waals surface area (Å²) >= 11 is 0.777. The van der Waals surface area contributed by atoms with E-state index in [1.807, 2.05) is 0 Å². The Kier molecular flexibility index (Phi) is 4.31. The molecule has 0 saturated heterocycles. The van der Waals surface area contributed by atoms with Crippen molar-refractivity contribution in [2.45, 2.75) is 17.1 Å². The van der Waals surface area contributed by atoms with Gasteiger partial charge in [0.1, 0.15) is 0 Å². The van der Waals surface area contributed by atoms with E-state index in [4.69, 9.17) is 0 Å². The summed E-state index contributed by atoms with van der Waals surface area (Å²) in [6, 6.07) is 3.47. The number of hydrogen-bond acceptors (Lipinski definition) is 3. The quantitative estimate of drug-likeness (QED) is 0.535. The van der Waals surface area contributed by atoms with Crippen LogP contribution in [0.15, 0.2) is 34.2 Å². The molecule has 2 rings (SSSR count). The zero-order valence-electron chi connectivity index (χ0n) is 10.2. The highest BCUT2D eigenvalue weighted by Crippen LogP contribution is 2.28. The Hall–Kier alpha value is -1.90. The van der Waals surface area contributed by atoms with E-state index < -0.39 is 29.1 Å². The Morgan fingerprint density at radius 1 is 1.14 bits per heavy atom. The van der Waals surface area contributed by atoms with Gasteiger partial charge in [0.25, 0.3) is 5.56 Å². The van der Waals surface area contributed by atoms with Crippen LogP contribution in [-0.4, -0.2) is 9.97 Å². The van der Waals surface area contributed by atoms with Gasteiger partial charge in [-0.2, -0.15) is 13.2 Å². The smallest absolute Gasteiger partial charge is 0.301 e. The fourth-order valence-electron chi connectivity index (χ4n) is 1.43. The molecule has 1 aromatic carbocycles. The maximum atomic E-state index is 13.0. The molecule has 2 aromatic rings. The van der Waals surface area contributed by atoms with Crippen LogP contribution in [0.5, 0.6) is 0 Å². The van der Waals surface area contributed by atoms with Crippen molar-refractivity contribution < 1.29 is 22.0 Å². The molecule has 0 saturated carbocycles. The van der Waals surface area contributed by atoms with Crippen LogP contribution in [0.25, 0.3) is 0 Å². The van der Waals surface area contributed by atoms with E-state index in [1.165, 1.54) is 6.07 Å². The Bertz CT molecular complexity index is 714. The van der Waals surface area contributed by atoms with Gasteiger partial charge in [0.05, 0.1) is 0 Å². The van der Waals surface area contributed by atoms with Crippen molar-refractivity contribution in [3.8, 4) is 0 Å². The number of nitrogens with one attached hydrogen (secondary N) is 1. The number of halogens is 5. The van der Waals surface area contributed by atoms with Crippen molar-refractivity contribution in [3.63, 3.8) is 0 Å². The Balaban J connectivity index is 2.18. The van der Waals surface area contributed by atoms with Crippen LogP contribution in [-0.2, 0) is 11.9 Å². The second kappa shape index (κ2) is 5.84. The lowest BCUT2D eigenvalue weighted by Gasteiger charge is -2.07. The summed E-state index contributed by atoms with van der Waals surface area (Å²) in [6.45, 7) is 0. The van der Waals surface area contributed by atoms with Crippen LogP contribution in [0.1, 0.15) is 11.3 Å². The van der Waals surface area contributed by atoms with Gasteiger partial charge in [-0.25, -0.2) is 13.8 Å². The second-order valence-corrected chi connectivity index (χ2v) is 4.93. The molecule has 1 aromatic heterocycles. The third kappa shape index (κ3) is 4.03. The van der Waals surface area contributed by atoms with Crippen LogP contribution >= 0.6 is 11.8 Å². The van der Waals surface area contributed by atoms with E-state index in [2.05, 4.69) is 9.97 Å². The van der Waals surface area contributed by atoms with Gasteiger partial charge in [-0.1, -0.05) is 17.8 Å². The van der Waals surface area contributed by atoms with Crippen LogP contribution in [0.2, 0.25) is 0 Å². The fraction of sp³-hybridized carbons (Fsp3) is 0.167. The summed E-state index contributed by atoms with van der Waals surface area (Å²) < 4.78 is 63.2. The highest BCUT2D eigenvalue weighted by atomic mass is 32.2. The Labute approximate surface area is 119 Å². The molecule has 0 atom stereocenters. The van der Waals surface area contributed by atoms with E-state index in [0.717, 1.165) is 23.9 Å². The summed E-state index contributed by atoms with van der Waals surface area (Å²) in [6.07, 6.45) is -4.73. The molecular weight excluding hydrogens is 315 g/mol. The van der Waals surface area contributed by atoms with Crippen LogP contribution < -0.4 is 5.56 Å². The first-order chi connectivity index (χ1) is 9.75. The molecule has 1 heterocycles. The molecule has 0 bridgehead atoms. The highest BCUT2D eigenvalue weighted by molar-refractivity contribution is 7.98. The van der Waals surface area contributed by atoms with Gasteiger partial charge in [-0.15, -0.1) is 0 Å². The third-order valence-corrected chi connectivity index (χ3v) is 3.31. The summed E-state index contributed by atoms with van der Waals surface area (Å²) in [5.41, 5.74) is -1.90. The molecule has 0 unspecified atom stereocenters. The van der Waals surface area contributed by atoms with Crippen LogP contribution in [0.3, 0.4) is 0 Å². The molecule has 112 valence electrons. The molecule has 0 aliphatic carbocycles. The van der Waals surface area contributed by atoms with Crippen molar-refractivity contribution in [2.75, 3.05) is 0 Å². The predicted octanol–water partition coefficient (Wildman–Crippen LogP) is 3.36. The normalized spacial score (nSPS) is 11.7. The minimum atomic E-state index is -4.73. The van der Waals surface area contributed by atoms with E-state index in [0.29, 0.717) is 11.6 Å². The number of rotatable bonds is 3. The molecule has 0 aliphatic heterocycles. The van der Waals surface area contributed by atoms with Gasteiger partial charge in [0.15, 0.2) is 22.5 Å². The lowest BCUT2D eigenvalue weighted by molar-refractivity contribution is -0.141. The number of thioether (sulfide) groups is 1. The number of H-pyrrole nitrogens is 1. The van der Waals surface area contributed by atoms with Crippen molar-refractivity contribution in [2.24, 2.45) is 0 Å². The van der Waals surface area contributed by atoms with Crippen molar-refractivity contribution >= 4 is 11.8 Å². The first-order valence-electron chi connectivity index (χ1n) is 5.51. The monoisotopic (exact) mass is 322 g/mol. The number of alkyl halides is 3. The summed E-state index contributed by atoms with van der Waals surface area (Å²) in [4.78, 5) is 16.6. The van der Waals surface area contributed by atoms with E-state index >= 15 is 0 Å². The Morgan fingerprint density at radius 3 is 2.48 bits per heavy atom. The third-order valence-electron chi connectivity index (χ3n) is 2.37. The molecule has 0 radical (unpaired) electrons. The predicted molar refractivity (Wildman–Crippen MR) is 65.8 cm³/mol. The maximum absolute atomic E-state index is 13.0. The molecule has 1 N–H and O–H groups in total. The number of benzene rings is 1. The van der Waals surface area contributed by atoms with Gasteiger partial charge in [0.2, 0.25) is 0 Å². The SMILES string of the molecule is O=c1cc(C(F)(F)F)nc(SCc2ccc(F)c(F)c2)[nH]1. The summed E-state index contributed by atoms with van der Waals surface area (Å²) in [7, 11) is 0. The number of nitrogens with zero attached hydrogens (tertiary/aromatic N) is 1. The highest BCUT2D eigenvalue weighted by Gasteiger charge is 2.33. The molecule has 3 nitrogen and oxygen atoms in total. The zero-order valence-corrected chi connectivity index (χ0v) is 11.0. The fourth-order valence-corrected chi connectivity index (χ4v) is 2.25. The topological polar surface area (TPSA) is 45.8 Å². The molecule has 0 spiro atoms. The first-order valence-corrected chi connectivity index (χ1v) is 6.49. The van der Waals surface area contributed by atoms with Crippen molar-refractivity contribution in [1.29, 1.82) is 0 Å².